The minimum Gasteiger partial charge on any atom is -0.384 e. The van der Waals surface area contributed by atoms with E-state index in [0.29, 0.717) is 0 Å². The van der Waals surface area contributed by atoms with E-state index >= 15 is 0 Å². The zero-order chi connectivity index (χ0) is 11.9. The molecule has 1 aromatic carbocycles. The summed E-state index contributed by atoms with van der Waals surface area (Å²) in [6.45, 7) is 3.61. The Morgan fingerprint density at radius 1 is 1.22 bits per heavy atom. The van der Waals surface area contributed by atoms with E-state index in [1.165, 1.54) is 55.5 Å². The molecule has 2 heterocycles. The number of nitrogens with one attached hydrogen (secondary N) is 1. The summed E-state index contributed by atoms with van der Waals surface area (Å²) in [5.74, 6) is 1.01. The first-order valence-electron chi connectivity index (χ1n) is 7.50. The van der Waals surface area contributed by atoms with Crippen molar-refractivity contribution in [2.45, 2.75) is 44.7 Å². The zero-order valence-corrected chi connectivity index (χ0v) is 11.0. The number of anilines is 1. The molecule has 1 saturated carbocycles. The summed E-state index contributed by atoms with van der Waals surface area (Å²) in [4.78, 5) is 2.74. The van der Waals surface area contributed by atoms with Gasteiger partial charge in [-0.05, 0) is 49.3 Å². The summed E-state index contributed by atoms with van der Waals surface area (Å²) < 4.78 is 0. The maximum absolute atomic E-state index is 3.58. The molecule has 0 bridgehead atoms. The van der Waals surface area contributed by atoms with Crippen molar-refractivity contribution >= 4 is 5.69 Å². The van der Waals surface area contributed by atoms with Gasteiger partial charge in [0.1, 0.15) is 0 Å². The van der Waals surface area contributed by atoms with E-state index in [1.807, 2.05) is 0 Å². The maximum Gasteiger partial charge on any atom is 0.0419 e. The Kier molecular flexibility index (Phi) is 2.58. The van der Waals surface area contributed by atoms with Crippen LogP contribution in [0.15, 0.2) is 18.2 Å². The van der Waals surface area contributed by atoms with E-state index in [2.05, 4.69) is 28.4 Å². The smallest absolute Gasteiger partial charge is 0.0419 e. The first kappa shape index (κ1) is 10.9. The Hall–Kier alpha value is -1.02. The lowest BCUT2D eigenvalue weighted by molar-refractivity contribution is 0.233. The second kappa shape index (κ2) is 4.27. The molecule has 96 valence electrons. The van der Waals surface area contributed by atoms with Crippen molar-refractivity contribution in [1.82, 2.24) is 4.90 Å². The summed E-state index contributed by atoms with van der Waals surface area (Å²) in [5.41, 5.74) is 4.49. The molecule has 2 heteroatoms. The minimum absolute atomic E-state index is 0.891. The summed E-state index contributed by atoms with van der Waals surface area (Å²) in [6, 6.07) is 7.73. The maximum atomic E-state index is 3.58. The standard InChI is InChI=1S/C16H22N2/c1-4-13-7-9-17-16(13)14(5-1)11-18-10-8-12-3-2-6-15(12)18/h1,4-5,12,15,17H,2-3,6-11H2. The fraction of sp³-hybridized carbons (Fsp3) is 0.625. The van der Waals surface area contributed by atoms with E-state index in [-0.39, 0.29) is 0 Å². The molecule has 4 rings (SSSR count). The Labute approximate surface area is 109 Å². The highest BCUT2D eigenvalue weighted by Gasteiger charge is 2.37. The van der Waals surface area contributed by atoms with Gasteiger partial charge in [-0.1, -0.05) is 24.6 Å². The largest absolute Gasteiger partial charge is 0.384 e. The number of para-hydroxylation sites is 1. The summed E-state index contributed by atoms with van der Waals surface area (Å²) in [7, 11) is 0. The van der Waals surface area contributed by atoms with Crippen LogP contribution in [0, 0.1) is 5.92 Å². The second-order valence-electron chi connectivity index (χ2n) is 6.15. The van der Waals surface area contributed by atoms with Crippen LogP contribution in [0.25, 0.3) is 0 Å². The lowest BCUT2D eigenvalue weighted by atomic mass is 10.0. The molecule has 1 aliphatic carbocycles. The third-order valence-corrected chi connectivity index (χ3v) is 5.18. The Morgan fingerprint density at radius 2 is 2.22 bits per heavy atom. The highest BCUT2D eigenvalue weighted by molar-refractivity contribution is 5.61. The van der Waals surface area contributed by atoms with Gasteiger partial charge in [0.15, 0.2) is 0 Å². The van der Waals surface area contributed by atoms with Crippen LogP contribution in [0.3, 0.4) is 0 Å². The van der Waals surface area contributed by atoms with Gasteiger partial charge in [0.25, 0.3) is 0 Å². The van der Waals surface area contributed by atoms with Crippen LogP contribution in [0.2, 0.25) is 0 Å². The highest BCUT2D eigenvalue weighted by atomic mass is 15.2. The molecule has 0 amide bonds. The van der Waals surface area contributed by atoms with Crippen molar-refractivity contribution in [3.8, 4) is 0 Å². The zero-order valence-electron chi connectivity index (χ0n) is 11.0. The lowest BCUT2D eigenvalue weighted by Gasteiger charge is -2.24. The minimum atomic E-state index is 0.891. The second-order valence-corrected chi connectivity index (χ2v) is 6.15. The van der Waals surface area contributed by atoms with E-state index in [1.54, 1.807) is 0 Å². The Bertz CT molecular complexity index is 454. The van der Waals surface area contributed by atoms with Gasteiger partial charge in [0, 0.05) is 24.8 Å². The number of fused-ring (bicyclic) bond motifs is 2. The molecule has 2 aliphatic heterocycles. The van der Waals surface area contributed by atoms with Crippen LogP contribution in [-0.4, -0.2) is 24.0 Å². The van der Waals surface area contributed by atoms with Crippen LogP contribution in [0.4, 0.5) is 5.69 Å². The number of hydrogen-bond donors (Lipinski definition) is 1. The molecular formula is C16H22N2. The highest BCUT2D eigenvalue weighted by Crippen LogP contribution is 2.39. The molecular weight excluding hydrogens is 220 g/mol. The van der Waals surface area contributed by atoms with Crippen LogP contribution in [-0.2, 0) is 13.0 Å². The normalized spacial score (nSPS) is 30.2. The summed E-state index contributed by atoms with van der Waals surface area (Å²) in [6.07, 6.45) is 7.01. The van der Waals surface area contributed by atoms with Gasteiger partial charge >= 0.3 is 0 Å². The Morgan fingerprint density at radius 3 is 3.22 bits per heavy atom. The molecule has 1 aromatic rings. The van der Waals surface area contributed by atoms with Crippen molar-refractivity contribution in [2.24, 2.45) is 5.92 Å². The average molecular weight is 242 g/mol. The van der Waals surface area contributed by atoms with Gasteiger partial charge in [-0.3, -0.25) is 4.90 Å². The first-order valence-corrected chi connectivity index (χ1v) is 7.50. The van der Waals surface area contributed by atoms with Crippen LogP contribution >= 0.6 is 0 Å². The molecule has 2 atom stereocenters. The average Bonchev–Trinajstić information content (AvgIpc) is 3.06. The molecule has 2 fully saturated rings. The van der Waals surface area contributed by atoms with Gasteiger partial charge in [-0.2, -0.15) is 0 Å². The van der Waals surface area contributed by atoms with Gasteiger partial charge in [0.05, 0.1) is 0 Å². The monoisotopic (exact) mass is 242 g/mol. The number of likely N-dealkylation sites (tertiary alicyclic amines) is 1. The van der Waals surface area contributed by atoms with Crippen molar-refractivity contribution < 1.29 is 0 Å². The van der Waals surface area contributed by atoms with Gasteiger partial charge < -0.3 is 5.32 Å². The molecule has 3 aliphatic rings. The summed E-state index contributed by atoms with van der Waals surface area (Å²) >= 11 is 0. The quantitative estimate of drug-likeness (QED) is 0.857. The van der Waals surface area contributed by atoms with E-state index < -0.39 is 0 Å². The number of benzene rings is 1. The third kappa shape index (κ3) is 1.66. The predicted molar refractivity (Wildman–Crippen MR) is 74.8 cm³/mol. The van der Waals surface area contributed by atoms with Gasteiger partial charge in [0.2, 0.25) is 0 Å². The number of rotatable bonds is 2. The number of hydrogen-bond acceptors (Lipinski definition) is 2. The molecule has 0 aromatic heterocycles. The molecule has 0 spiro atoms. The predicted octanol–water partition coefficient (Wildman–Crippen LogP) is 3.03. The van der Waals surface area contributed by atoms with E-state index in [4.69, 9.17) is 0 Å². The molecule has 1 saturated heterocycles. The molecule has 0 radical (unpaired) electrons. The van der Waals surface area contributed by atoms with Gasteiger partial charge in [-0.15, -0.1) is 0 Å². The first-order chi connectivity index (χ1) is 8.92. The van der Waals surface area contributed by atoms with E-state index in [0.717, 1.165) is 25.0 Å². The fourth-order valence-corrected chi connectivity index (χ4v) is 4.29. The third-order valence-electron chi connectivity index (χ3n) is 5.18. The molecule has 2 nitrogen and oxygen atoms in total. The molecule has 2 unspecified atom stereocenters. The SMILES string of the molecule is c1cc2c(c(CN3CCC4CCCC43)c1)NCC2. The molecule has 1 N–H and O–H groups in total. The van der Waals surface area contributed by atoms with Crippen LogP contribution < -0.4 is 5.32 Å². The lowest BCUT2D eigenvalue weighted by Crippen LogP contribution is -2.29. The van der Waals surface area contributed by atoms with Crippen LogP contribution in [0.1, 0.15) is 36.8 Å². The van der Waals surface area contributed by atoms with Crippen molar-refractivity contribution in [2.75, 3.05) is 18.4 Å². The van der Waals surface area contributed by atoms with Crippen LogP contribution in [0.5, 0.6) is 0 Å². The van der Waals surface area contributed by atoms with Crippen molar-refractivity contribution in [3.05, 3.63) is 29.3 Å². The fourth-order valence-electron chi connectivity index (χ4n) is 4.29. The van der Waals surface area contributed by atoms with E-state index in [9.17, 15) is 0 Å². The topological polar surface area (TPSA) is 15.3 Å². The van der Waals surface area contributed by atoms with Crippen molar-refractivity contribution in [3.63, 3.8) is 0 Å². The summed E-state index contributed by atoms with van der Waals surface area (Å²) in [5, 5.41) is 3.58. The van der Waals surface area contributed by atoms with Gasteiger partial charge in [-0.25, -0.2) is 0 Å². The number of nitrogens with zero attached hydrogens (tertiary/aromatic N) is 1. The molecule has 18 heavy (non-hydrogen) atoms. The van der Waals surface area contributed by atoms with Crippen molar-refractivity contribution in [1.29, 1.82) is 0 Å². The Balaban J connectivity index is 1.57.